The van der Waals surface area contributed by atoms with Gasteiger partial charge in [-0.25, -0.2) is 8.42 Å². The monoisotopic (exact) mass is 415 g/mol. The second-order valence-electron chi connectivity index (χ2n) is 4.30. The van der Waals surface area contributed by atoms with E-state index < -0.39 is 10.0 Å². The number of hydrogen-bond donors (Lipinski definition) is 0. The summed E-state index contributed by atoms with van der Waals surface area (Å²) in [6.07, 6.45) is 4.22. The summed E-state index contributed by atoms with van der Waals surface area (Å²) >= 11 is 7.96. The highest BCUT2D eigenvalue weighted by Gasteiger charge is 2.34. The lowest BCUT2D eigenvalue weighted by Crippen LogP contribution is -2.39. The first-order chi connectivity index (χ1) is 8.57. The Morgan fingerprint density at radius 3 is 2.56 bits per heavy atom. The highest BCUT2D eigenvalue weighted by atomic mass is 79.9. The summed E-state index contributed by atoms with van der Waals surface area (Å²) in [7, 11) is -3.36. The van der Waals surface area contributed by atoms with E-state index in [-0.39, 0.29) is 6.04 Å². The van der Waals surface area contributed by atoms with Crippen molar-refractivity contribution < 1.29 is 8.42 Å². The minimum absolute atomic E-state index is 0.168. The van der Waals surface area contributed by atoms with Gasteiger partial charge in [0.15, 0.2) is 0 Å². The van der Waals surface area contributed by atoms with Gasteiger partial charge in [-0.1, -0.05) is 28.8 Å². The zero-order valence-electron chi connectivity index (χ0n) is 9.81. The molecule has 0 atom stereocenters. The van der Waals surface area contributed by atoms with Crippen LogP contribution in [0.15, 0.2) is 20.1 Å². The van der Waals surface area contributed by atoms with Gasteiger partial charge in [0.05, 0.1) is 0 Å². The maximum Gasteiger partial charge on any atom is 0.253 e. The van der Waals surface area contributed by atoms with E-state index in [0.29, 0.717) is 20.6 Å². The SMILES string of the molecule is O=S(=O)(c1sccc1Br)N(CCBr)C1CCCC1. The predicted octanol–water partition coefficient (Wildman–Crippen LogP) is 3.84. The molecule has 1 aliphatic carbocycles. The molecule has 0 radical (unpaired) electrons. The van der Waals surface area contributed by atoms with Gasteiger partial charge in [-0.3, -0.25) is 0 Å². The normalized spacial score (nSPS) is 17.7. The number of halogens is 2. The molecule has 0 saturated heterocycles. The minimum atomic E-state index is -3.36. The fourth-order valence-corrected chi connectivity index (χ4v) is 7.07. The minimum Gasteiger partial charge on any atom is -0.206 e. The van der Waals surface area contributed by atoms with Crippen LogP contribution in [-0.4, -0.2) is 30.6 Å². The average Bonchev–Trinajstić information content (AvgIpc) is 2.96. The van der Waals surface area contributed by atoms with Gasteiger partial charge in [0.2, 0.25) is 0 Å². The quantitative estimate of drug-likeness (QED) is 0.683. The number of alkyl halides is 1. The van der Waals surface area contributed by atoms with Crippen molar-refractivity contribution in [3.8, 4) is 0 Å². The van der Waals surface area contributed by atoms with Gasteiger partial charge < -0.3 is 0 Å². The first kappa shape index (κ1) is 15.0. The molecule has 18 heavy (non-hydrogen) atoms. The summed E-state index contributed by atoms with van der Waals surface area (Å²) in [5.41, 5.74) is 0. The van der Waals surface area contributed by atoms with Crippen LogP contribution in [0.1, 0.15) is 25.7 Å². The number of thiophene rings is 1. The van der Waals surface area contributed by atoms with Crippen molar-refractivity contribution in [1.82, 2.24) is 4.31 Å². The first-order valence-corrected chi connectivity index (χ1v) is 10.1. The molecule has 0 bridgehead atoms. The van der Waals surface area contributed by atoms with Crippen LogP contribution < -0.4 is 0 Å². The van der Waals surface area contributed by atoms with Crippen molar-refractivity contribution >= 4 is 53.2 Å². The Labute approximate surface area is 129 Å². The molecule has 102 valence electrons. The Morgan fingerprint density at radius 1 is 1.39 bits per heavy atom. The molecule has 0 unspecified atom stereocenters. The largest absolute Gasteiger partial charge is 0.253 e. The van der Waals surface area contributed by atoms with Crippen molar-refractivity contribution in [2.45, 2.75) is 35.9 Å². The van der Waals surface area contributed by atoms with Gasteiger partial charge in [0.25, 0.3) is 10.0 Å². The van der Waals surface area contributed by atoms with Crippen molar-refractivity contribution in [3.05, 3.63) is 15.9 Å². The van der Waals surface area contributed by atoms with E-state index >= 15 is 0 Å². The average molecular weight is 417 g/mol. The van der Waals surface area contributed by atoms with E-state index in [0.717, 1.165) is 25.7 Å². The third-order valence-corrected chi connectivity index (χ3v) is 8.12. The van der Waals surface area contributed by atoms with Crippen LogP contribution in [0.4, 0.5) is 0 Å². The zero-order chi connectivity index (χ0) is 13.2. The van der Waals surface area contributed by atoms with Crippen molar-refractivity contribution in [2.75, 3.05) is 11.9 Å². The molecule has 0 spiro atoms. The Hall–Kier alpha value is 0.570. The molecule has 0 aliphatic heterocycles. The molecule has 2 rings (SSSR count). The smallest absolute Gasteiger partial charge is 0.206 e. The number of rotatable bonds is 5. The molecule has 1 saturated carbocycles. The van der Waals surface area contributed by atoms with Crippen LogP contribution in [-0.2, 0) is 10.0 Å². The van der Waals surface area contributed by atoms with E-state index in [2.05, 4.69) is 31.9 Å². The second-order valence-corrected chi connectivity index (χ2v) is 8.95. The molecule has 1 aliphatic rings. The highest BCUT2D eigenvalue weighted by Crippen LogP contribution is 2.34. The molecule has 0 aromatic carbocycles. The summed E-state index contributed by atoms with van der Waals surface area (Å²) in [6.45, 7) is 0.539. The van der Waals surface area contributed by atoms with Gasteiger partial charge in [-0.15, -0.1) is 11.3 Å². The van der Waals surface area contributed by atoms with Crippen LogP contribution in [0.25, 0.3) is 0 Å². The molecule has 1 aromatic rings. The van der Waals surface area contributed by atoms with Gasteiger partial charge >= 0.3 is 0 Å². The van der Waals surface area contributed by atoms with E-state index in [1.165, 1.54) is 11.3 Å². The molecule has 1 fully saturated rings. The maximum absolute atomic E-state index is 12.7. The molecule has 7 heteroatoms. The number of hydrogen-bond acceptors (Lipinski definition) is 3. The Morgan fingerprint density at radius 2 is 2.06 bits per heavy atom. The van der Waals surface area contributed by atoms with Crippen LogP contribution in [0.3, 0.4) is 0 Å². The third kappa shape index (κ3) is 3.00. The van der Waals surface area contributed by atoms with Gasteiger partial charge in [0.1, 0.15) is 4.21 Å². The van der Waals surface area contributed by atoms with Crippen molar-refractivity contribution in [2.24, 2.45) is 0 Å². The topological polar surface area (TPSA) is 37.4 Å². The summed E-state index contributed by atoms with van der Waals surface area (Å²) in [4.78, 5) is 0. The van der Waals surface area contributed by atoms with E-state index in [1.54, 1.807) is 15.8 Å². The first-order valence-electron chi connectivity index (χ1n) is 5.88. The van der Waals surface area contributed by atoms with Gasteiger partial charge in [-0.05, 0) is 40.2 Å². The molecule has 0 amide bonds. The lowest BCUT2D eigenvalue weighted by atomic mass is 10.2. The highest BCUT2D eigenvalue weighted by molar-refractivity contribution is 9.10. The van der Waals surface area contributed by atoms with Crippen LogP contribution in [0.2, 0.25) is 0 Å². The van der Waals surface area contributed by atoms with Crippen LogP contribution >= 0.6 is 43.2 Å². The second kappa shape index (κ2) is 6.35. The maximum atomic E-state index is 12.7. The standard InChI is InChI=1S/C11H15Br2NO2S2/c12-6-7-14(9-3-1-2-4-9)18(15,16)11-10(13)5-8-17-11/h5,8-9H,1-4,6-7H2. The molecular formula is C11H15Br2NO2S2. The third-order valence-electron chi connectivity index (χ3n) is 3.16. The van der Waals surface area contributed by atoms with Crippen molar-refractivity contribution in [3.63, 3.8) is 0 Å². The van der Waals surface area contributed by atoms with Crippen molar-refractivity contribution in [1.29, 1.82) is 0 Å². The summed E-state index contributed by atoms with van der Waals surface area (Å²) < 4.78 is 28.1. The summed E-state index contributed by atoms with van der Waals surface area (Å²) in [5.74, 6) is 0. The Balaban J connectivity index is 2.32. The Kier molecular flexibility index (Phi) is 5.28. The van der Waals surface area contributed by atoms with Gasteiger partial charge in [0, 0.05) is 22.4 Å². The van der Waals surface area contributed by atoms with Gasteiger partial charge in [-0.2, -0.15) is 4.31 Å². The van der Waals surface area contributed by atoms with E-state index in [1.807, 2.05) is 0 Å². The fraction of sp³-hybridized carbons (Fsp3) is 0.636. The molecule has 3 nitrogen and oxygen atoms in total. The molecule has 1 aromatic heterocycles. The summed E-state index contributed by atoms with van der Waals surface area (Å²) in [6, 6.07) is 1.96. The fourth-order valence-electron chi connectivity index (χ4n) is 2.34. The van der Waals surface area contributed by atoms with Crippen LogP contribution in [0.5, 0.6) is 0 Å². The van der Waals surface area contributed by atoms with Crippen LogP contribution in [0, 0.1) is 0 Å². The lowest BCUT2D eigenvalue weighted by molar-refractivity contribution is 0.338. The number of sulfonamides is 1. The molecule has 0 N–H and O–H groups in total. The molecule has 1 heterocycles. The molecular weight excluding hydrogens is 402 g/mol. The van der Waals surface area contributed by atoms with E-state index in [4.69, 9.17) is 0 Å². The zero-order valence-corrected chi connectivity index (χ0v) is 14.6. The Bertz CT molecular complexity index is 495. The summed E-state index contributed by atoms with van der Waals surface area (Å²) in [5, 5.41) is 2.48. The number of nitrogens with zero attached hydrogens (tertiary/aromatic N) is 1. The lowest BCUT2D eigenvalue weighted by Gasteiger charge is -2.26. The van der Waals surface area contributed by atoms with E-state index in [9.17, 15) is 8.42 Å². The predicted molar refractivity (Wildman–Crippen MR) is 82.0 cm³/mol.